The maximum absolute atomic E-state index is 11.5. The van der Waals surface area contributed by atoms with E-state index >= 15 is 0 Å². The maximum atomic E-state index is 11.5. The predicted molar refractivity (Wildman–Crippen MR) is 58.5 cm³/mol. The largest absolute Gasteiger partial charge is 0.462 e. The van der Waals surface area contributed by atoms with E-state index in [1.807, 2.05) is 19.9 Å². The Hall–Kier alpha value is -1.34. The first-order valence-electron chi connectivity index (χ1n) is 5.43. The number of carbonyl (C=O) groups is 1. The zero-order valence-electron chi connectivity index (χ0n) is 10.0. The smallest absolute Gasteiger partial charge is 0.348 e. The van der Waals surface area contributed by atoms with Crippen LogP contribution in [-0.2, 0) is 14.3 Å². The molecule has 0 N–H and O–H groups in total. The molecule has 88 valence electrons. The minimum Gasteiger partial charge on any atom is -0.462 e. The normalized spacial score (nSPS) is 22.1. The summed E-state index contributed by atoms with van der Waals surface area (Å²) in [5.74, 6) is -0.516. The van der Waals surface area contributed by atoms with Crippen LogP contribution in [0.4, 0.5) is 0 Å². The molecule has 4 heteroatoms. The fourth-order valence-electron chi connectivity index (χ4n) is 1.79. The van der Waals surface area contributed by atoms with Gasteiger partial charge in [-0.3, -0.25) is 0 Å². The van der Waals surface area contributed by atoms with E-state index in [0.717, 1.165) is 5.57 Å². The van der Waals surface area contributed by atoms with Gasteiger partial charge in [0.1, 0.15) is 11.6 Å². The SMILES string of the molecule is CCOC(=O)/C(C#N)=C1/CCOC(C)(C)C1. The summed E-state index contributed by atoms with van der Waals surface area (Å²) >= 11 is 0. The third-order valence-corrected chi connectivity index (χ3v) is 2.48. The Morgan fingerprint density at radius 3 is 2.81 bits per heavy atom. The van der Waals surface area contributed by atoms with E-state index in [9.17, 15) is 4.79 Å². The third kappa shape index (κ3) is 3.07. The van der Waals surface area contributed by atoms with Crippen LogP contribution >= 0.6 is 0 Å². The summed E-state index contributed by atoms with van der Waals surface area (Å²) in [6.07, 6.45) is 1.24. The van der Waals surface area contributed by atoms with Gasteiger partial charge in [-0.15, -0.1) is 0 Å². The lowest BCUT2D eigenvalue weighted by atomic mass is 9.90. The first-order valence-corrected chi connectivity index (χ1v) is 5.43. The second kappa shape index (κ2) is 5.13. The van der Waals surface area contributed by atoms with Crippen molar-refractivity contribution >= 4 is 5.97 Å². The number of hydrogen-bond donors (Lipinski definition) is 0. The van der Waals surface area contributed by atoms with Gasteiger partial charge in [-0.2, -0.15) is 5.26 Å². The van der Waals surface area contributed by atoms with Gasteiger partial charge in [0, 0.05) is 0 Å². The van der Waals surface area contributed by atoms with Gasteiger partial charge in [0.25, 0.3) is 0 Å². The van der Waals surface area contributed by atoms with Crippen LogP contribution in [-0.4, -0.2) is 24.8 Å². The first kappa shape index (κ1) is 12.7. The van der Waals surface area contributed by atoms with Crippen LogP contribution in [0.3, 0.4) is 0 Å². The molecular formula is C12H17NO3. The van der Waals surface area contributed by atoms with Crippen molar-refractivity contribution in [1.82, 2.24) is 0 Å². The van der Waals surface area contributed by atoms with Crippen LogP contribution in [0.1, 0.15) is 33.6 Å². The molecule has 1 aliphatic heterocycles. The zero-order valence-corrected chi connectivity index (χ0v) is 10.0. The molecule has 0 aromatic carbocycles. The highest BCUT2D eigenvalue weighted by Crippen LogP contribution is 2.30. The summed E-state index contributed by atoms with van der Waals surface area (Å²) < 4.78 is 10.4. The topological polar surface area (TPSA) is 59.3 Å². The molecule has 16 heavy (non-hydrogen) atoms. The lowest BCUT2D eigenvalue weighted by molar-refractivity contribution is -0.138. The number of esters is 1. The maximum Gasteiger partial charge on any atom is 0.348 e. The molecule has 1 fully saturated rings. The average Bonchev–Trinajstić information content (AvgIpc) is 2.17. The van der Waals surface area contributed by atoms with Crippen LogP contribution in [0.2, 0.25) is 0 Å². The monoisotopic (exact) mass is 223 g/mol. The van der Waals surface area contributed by atoms with Gasteiger partial charge in [-0.05, 0) is 39.2 Å². The van der Waals surface area contributed by atoms with Crippen molar-refractivity contribution in [3.05, 3.63) is 11.1 Å². The van der Waals surface area contributed by atoms with Crippen LogP contribution in [0.5, 0.6) is 0 Å². The van der Waals surface area contributed by atoms with Gasteiger partial charge < -0.3 is 9.47 Å². The number of hydrogen-bond acceptors (Lipinski definition) is 4. The van der Waals surface area contributed by atoms with Gasteiger partial charge in [-0.25, -0.2) is 4.79 Å². The molecule has 0 atom stereocenters. The van der Waals surface area contributed by atoms with Gasteiger partial charge in [0.2, 0.25) is 0 Å². The van der Waals surface area contributed by atoms with Crippen molar-refractivity contribution in [2.75, 3.05) is 13.2 Å². The molecule has 1 rings (SSSR count). The highest BCUT2D eigenvalue weighted by Gasteiger charge is 2.29. The predicted octanol–water partition coefficient (Wildman–Crippen LogP) is 1.96. The molecule has 0 amide bonds. The highest BCUT2D eigenvalue weighted by molar-refractivity contribution is 5.93. The van der Waals surface area contributed by atoms with E-state index in [1.54, 1.807) is 6.92 Å². The van der Waals surface area contributed by atoms with Crippen molar-refractivity contribution < 1.29 is 14.3 Å². The number of rotatable bonds is 2. The first-order chi connectivity index (χ1) is 7.50. The number of nitriles is 1. The van der Waals surface area contributed by atoms with Gasteiger partial charge in [0.15, 0.2) is 0 Å². The highest BCUT2D eigenvalue weighted by atomic mass is 16.5. The molecule has 0 aliphatic carbocycles. The molecule has 0 unspecified atom stereocenters. The fourth-order valence-corrected chi connectivity index (χ4v) is 1.79. The Labute approximate surface area is 95.8 Å². The standard InChI is InChI=1S/C12H17NO3/c1-4-15-11(14)10(8-13)9-5-6-16-12(2,3)7-9/h4-7H2,1-3H3/b10-9-. The molecular weight excluding hydrogens is 206 g/mol. The molecule has 1 heterocycles. The quantitative estimate of drug-likeness (QED) is 0.408. The minimum atomic E-state index is -0.516. The van der Waals surface area contributed by atoms with Gasteiger partial charge >= 0.3 is 5.97 Å². The number of ether oxygens (including phenoxy) is 2. The Balaban J connectivity index is 2.92. The zero-order chi connectivity index (χ0) is 12.2. The Morgan fingerprint density at radius 2 is 2.31 bits per heavy atom. The molecule has 0 aromatic rings. The molecule has 4 nitrogen and oxygen atoms in total. The van der Waals surface area contributed by atoms with Crippen molar-refractivity contribution in [2.45, 2.75) is 39.2 Å². The Morgan fingerprint density at radius 1 is 1.62 bits per heavy atom. The van der Waals surface area contributed by atoms with E-state index in [1.165, 1.54) is 0 Å². The summed E-state index contributed by atoms with van der Waals surface area (Å²) in [6, 6.07) is 1.94. The lowest BCUT2D eigenvalue weighted by Crippen LogP contribution is -2.31. The number of nitrogens with zero attached hydrogens (tertiary/aromatic N) is 1. The van der Waals surface area contributed by atoms with E-state index < -0.39 is 5.97 Å². The van der Waals surface area contributed by atoms with Gasteiger partial charge in [-0.1, -0.05) is 0 Å². The third-order valence-electron chi connectivity index (χ3n) is 2.48. The van der Waals surface area contributed by atoms with E-state index in [4.69, 9.17) is 14.7 Å². The van der Waals surface area contributed by atoms with Gasteiger partial charge in [0.05, 0.1) is 18.8 Å². The molecule has 1 saturated heterocycles. The van der Waals surface area contributed by atoms with Crippen molar-refractivity contribution in [3.8, 4) is 6.07 Å². The fraction of sp³-hybridized carbons (Fsp3) is 0.667. The molecule has 0 radical (unpaired) electrons. The van der Waals surface area contributed by atoms with E-state index in [2.05, 4.69) is 0 Å². The summed E-state index contributed by atoms with van der Waals surface area (Å²) in [6.45, 7) is 6.47. The summed E-state index contributed by atoms with van der Waals surface area (Å²) in [4.78, 5) is 11.5. The minimum absolute atomic E-state index is 0.151. The second-order valence-electron chi connectivity index (χ2n) is 4.35. The molecule has 0 bridgehead atoms. The molecule has 0 spiro atoms. The molecule has 0 aromatic heterocycles. The van der Waals surface area contributed by atoms with Crippen LogP contribution in [0.25, 0.3) is 0 Å². The molecule has 1 aliphatic rings. The second-order valence-corrected chi connectivity index (χ2v) is 4.35. The summed E-state index contributed by atoms with van der Waals surface area (Å²) in [5, 5.41) is 9.00. The van der Waals surface area contributed by atoms with E-state index in [-0.39, 0.29) is 17.8 Å². The summed E-state index contributed by atoms with van der Waals surface area (Å²) in [7, 11) is 0. The Kier molecular flexibility index (Phi) is 4.08. The number of carbonyl (C=O) groups excluding carboxylic acids is 1. The van der Waals surface area contributed by atoms with Crippen LogP contribution < -0.4 is 0 Å². The lowest BCUT2D eigenvalue weighted by Gasteiger charge is -2.32. The van der Waals surface area contributed by atoms with Crippen molar-refractivity contribution in [3.63, 3.8) is 0 Å². The average molecular weight is 223 g/mol. The van der Waals surface area contributed by atoms with Crippen LogP contribution in [0.15, 0.2) is 11.1 Å². The van der Waals surface area contributed by atoms with E-state index in [0.29, 0.717) is 19.4 Å². The van der Waals surface area contributed by atoms with Crippen molar-refractivity contribution in [1.29, 1.82) is 5.26 Å². The summed E-state index contributed by atoms with van der Waals surface area (Å²) in [5.41, 5.74) is 0.692. The van der Waals surface area contributed by atoms with Crippen molar-refractivity contribution in [2.24, 2.45) is 0 Å². The molecule has 0 saturated carbocycles. The Bertz CT molecular complexity index is 350. The van der Waals surface area contributed by atoms with Crippen LogP contribution in [0, 0.1) is 11.3 Å².